The minimum absolute atomic E-state index is 0.0366. The van der Waals surface area contributed by atoms with Crippen LogP contribution < -0.4 is 16.0 Å². The van der Waals surface area contributed by atoms with Crippen molar-refractivity contribution in [3.05, 3.63) is 0 Å². The van der Waals surface area contributed by atoms with E-state index < -0.39 is 0 Å². The van der Waals surface area contributed by atoms with Gasteiger partial charge in [0.2, 0.25) is 11.1 Å². The Balaban J connectivity index is 2.21. The molecule has 0 bridgehead atoms. The molecule has 0 aliphatic heterocycles. The average molecular weight is 331 g/mol. The molecule has 0 fully saturated rings. The lowest BCUT2D eigenvalue weighted by atomic mass is 10.5. The summed E-state index contributed by atoms with van der Waals surface area (Å²) in [4.78, 5) is 12.4. The lowest BCUT2D eigenvalue weighted by Gasteiger charge is -2.09. The summed E-state index contributed by atoms with van der Waals surface area (Å²) < 4.78 is 7.09. The summed E-state index contributed by atoms with van der Waals surface area (Å²) in [6.45, 7) is 3.78. The average Bonchev–Trinajstić information content (AvgIpc) is 2.85. The number of nitrogens with zero attached hydrogens (tertiary/aromatic N) is 5. The molecule has 0 saturated carbocycles. The molecule has 2 rings (SSSR count). The van der Waals surface area contributed by atoms with Gasteiger partial charge in [-0.2, -0.15) is 15.0 Å². The number of hydrogen-bond donors (Lipinski definition) is 2. The second kappa shape index (κ2) is 7.02. The zero-order valence-electron chi connectivity index (χ0n) is 11.0. The van der Waals surface area contributed by atoms with Gasteiger partial charge >= 0.3 is 6.01 Å². The number of nitrogens with one attached hydrogen (secondary N) is 1. The molecule has 0 saturated heterocycles. The Morgan fingerprint density at radius 2 is 1.95 bits per heavy atom. The zero-order chi connectivity index (χ0) is 14.5. The number of ether oxygens (including phenoxy) is 1. The van der Waals surface area contributed by atoms with Crippen LogP contribution in [-0.4, -0.2) is 37.5 Å². The van der Waals surface area contributed by atoms with E-state index in [0.29, 0.717) is 5.16 Å². The highest BCUT2D eigenvalue weighted by Crippen LogP contribution is 2.31. The van der Waals surface area contributed by atoms with Crippen molar-refractivity contribution in [3.63, 3.8) is 0 Å². The van der Waals surface area contributed by atoms with Gasteiger partial charge in [-0.1, -0.05) is 23.1 Å². The Morgan fingerprint density at radius 3 is 2.55 bits per heavy atom. The molecule has 3 N–H and O–H groups in total. The molecule has 2 aromatic rings. The Bertz CT molecular complexity index is 576. The van der Waals surface area contributed by atoms with Crippen molar-refractivity contribution in [2.24, 2.45) is 5.84 Å². The van der Waals surface area contributed by atoms with Crippen LogP contribution >= 0.6 is 34.9 Å². The van der Waals surface area contributed by atoms with Gasteiger partial charge in [-0.3, -0.25) is 5.43 Å². The van der Waals surface area contributed by atoms with Crippen molar-refractivity contribution in [1.82, 2.24) is 25.1 Å². The zero-order valence-corrected chi connectivity index (χ0v) is 13.5. The van der Waals surface area contributed by atoms with Crippen LogP contribution in [0.5, 0.6) is 6.01 Å². The SMILES string of the molecule is CSc1nnc(Sc2nc(NN)nc(OC(C)C)n2)s1. The summed E-state index contributed by atoms with van der Waals surface area (Å²) in [5.41, 5.74) is 2.39. The molecule has 0 aliphatic rings. The number of anilines is 1. The lowest BCUT2D eigenvalue weighted by molar-refractivity contribution is 0.219. The summed E-state index contributed by atoms with van der Waals surface area (Å²) in [5.74, 6) is 5.58. The minimum Gasteiger partial charge on any atom is -0.461 e. The van der Waals surface area contributed by atoms with E-state index in [4.69, 9.17) is 10.6 Å². The maximum absolute atomic E-state index is 5.45. The Hall–Kier alpha value is -1.17. The van der Waals surface area contributed by atoms with Crippen molar-refractivity contribution < 1.29 is 4.74 Å². The van der Waals surface area contributed by atoms with Crippen molar-refractivity contribution in [2.45, 2.75) is 33.8 Å². The number of hydrogen-bond acceptors (Lipinski definition) is 11. The van der Waals surface area contributed by atoms with E-state index in [1.54, 1.807) is 11.8 Å². The number of thioether (sulfide) groups is 1. The first-order chi connectivity index (χ1) is 9.60. The van der Waals surface area contributed by atoms with Crippen LogP contribution in [0.15, 0.2) is 13.8 Å². The third kappa shape index (κ3) is 4.16. The molecule has 20 heavy (non-hydrogen) atoms. The molecular weight excluding hydrogens is 318 g/mol. The minimum atomic E-state index is -0.0366. The second-order valence-corrected chi connectivity index (χ2v) is 6.92. The molecule has 0 radical (unpaired) electrons. The van der Waals surface area contributed by atoms with Gasteiger partial charge in [0.1, 0.15) is 0 Å². The molecule has 0 atom stereocenters. The van der Waals surface area contributed by atoms with Crippen LogP contribution in [-0.2, 0) is 0 Å². The fraction of sp³-hybridized carbons (Fsp3) is 0.444. The second-order valence-electron chi connectivity index (χ2n) is 3.68. The highest BCUT2D eigenvalue weighted by molar-refractivity contribution is 8.02. The molecular formula is C9H13N7OS3. The van der Waals surface area contributed by atoms with E-state index in [1.807, 2.05) is 20.1 Å². The topological polar surface area (TPSA) is 112 Å². The number of rotatable bonds is 6. The van der Waals surface area contributed by atoms with Gasteiger partial charge in [0.25, 0.3) is 0 Å². The smallest absolute Gasteiger partial charge is 0.322 e. The van der Waals surface area contributed by atoms with Crippen LogP contribution in [0, 0.1) is 0 Å². The summed E-state index contributed by atoms with van der Waals surface area (Å²) in [5, 5.41) is 8.51. The molecule has 0 aliphatic carbocycles. The first-order valence-corrected chi connectivity index (χ1v) is 8.41. The van der Waals surface area contributed by atoms with E-state index >= 15 is 0 Å². The molecule has 8 nitrogen and oxygen atoms in total. The monoisotopic (exact) mass is 331 g/mol. The lowest BCUT2D eigenvalue weighted by Crippen LogP contribution is -2.14. The van der Waals surface area contributed by atoms with Crippen molar-refractivity contribution >= 4 is 40.8 Å². The van der Waals surface area contributed by atoms with Gasteiger partial charge < -0.3 is 4.74 Å². The first-order valence-electron chi connectivity index (χ1n) is 5.55. The molecule has 0 spiro atoms. The normalized spacial score (nSPS) is 10.8. The summed E-state index contributed by atoms with van der Waals surface area (Å²) in [7, 11) is 0. The van der Waals surface area contributed by atoms with Crippen LogP contribution in [0.2, 0.25) is 0 Å². The van der Waals surface area contributed by atoms with Crippen molar-refractivity contribution in [3.8, 4) is 6.01 Å². The largest absolute Gasteiger partial charge is 0.461 e. The highest BCUT2D eigenvalue weighted by Gasteiger charge is 2.12. The summed E-state index contributed by atoms with van der Waals surface area (Å²) in [6, 6.07) is 0.222. The van der Waals surface area contributed by atoms with Gasteiger partial charge in [-0.05, 0) is 31.9 Å². The van der Waals surface area contributed by atoms with Gasteiger partial charge in [0.15, 0.2) is 8.68 Å². The first kappa shape index (κ1) is 15.2. The summed E-state index contributed by atoms with van der Waals surface area (Å²) in [6.07, 6.45) is 1.91. The number of hydrazine groups is 1. The van der Waals surface area contributed by atoms with Crippen LogP contribution in [0.3, 0.4) is 0 Å². The Morgan fingerprint density at radius 1 is 1.20 bits per heavy atom. The van der Waals surface area contributed by atoms with E-state index in [1.165, 1.54) is 23.1 Å². The fourth-order valence-electron chi connectivity index (χ4n) is 1.11. The molecule has 0 unspecified atom stereocenters. The predicted molar refractivity (Wildman–Crippen MR) is 79.2 cm³/mol. The van der Waals surface area contributed by atoms with E-state index in [-0.39, 0.29) is 18.1 Å². The standard InChI is InChI=1S/C9H13N7OS3/c1-4(2)17-6-11-5(14-10)12-7(13-6)19-9-16-15-8(18-3)20-9/h4H,10H2,1-3H3,(H,11,12,13,14). The van der Waals surface area contributed by atoms with Gasteiger partial charge in [0.05, 0.1) is 6.10 Å². The van der Waals surface area contributed by atoms with Gasteiger partial charge in [0, 0.05) is 0 Å². The molecule has 108 valence electrons. The molecule has 11 heteroatoms. The van der Waals surface area contributed by atoms with Crippen LogP contribution in [0.4, 0.5) is 5.95 Å². The summed E-state index contributed by atoms with van der Waals surface area (Å²) >= 11 is 4.30. The maximum Gasteiger partial charge on any atom is 0.322 e. The molecule has 2 aromatic heterocycles. The van der Waals surface area contributed by atoms with Crippen LogP contribution in [0.1, 0.15) is 13.8 Å². The van der Waals surface area contributed by atoms with Gasteiger partial charge in [-0.25, -0.2) is 5.84 Å². The third-order valence-electron chi connectivity index (χ3n) is 1.81. The van der Waals surface area contributed by atoms with Crippen molar-refractivity contribution in [2.75, 3.05) is 11.7 Å². The van der Waals surface area contributed by atoms with E-state index in [2.05, 4.69) is 30.6 Å². The third-order valence-corrected chi connectivity index (χ3v) is 4.62. The van der Waals surface area contributed by atoms with E-state index in [0.717, 1.165) is 8.68 Å². The quantitative estimate of drug-likeness (QED) is 0.460. The molecule has 2 heterocycles. The Kier molecular flexibility index (Phi) is 5.34. The number of nitrogens with two attached hydrogens (primary N) is 1. The number of aromatic nitrogens is 5. The van der Waals surface area contributed by atoms with Crippen molar-refractivity contribution in [1.29, 1.82) is 0 Å². The van der Waals surface area contributed by atoms with Crippen LogP contribution in [0.25, 0.3) is 0 Å². The molecule has 0 amide bonds. The highest BCUT2D eigenvalue weighted by atomic mass is 32.2. The Labute approximate surface area is 128 Å². The fourth-order valence-corrected chi connectivity index (χ4v) is 3.40. The predicted octanol–water partition coefficient (Wildman–Crippen LogP) is 1.67. The van der Waals surface area contributed by atoms with E-state index in [9.17, 15) is 0 Å². The maximum atomic E-state index is 5.45. The van der Waals surface area contributed by atoms with Gasteiger partial charge in [-0.15, -0.1) is 10.2 Å². The number of nitrogen functional groups attached to an aromatic ring is 1. The molecule has 0 aromatic carbocycles.